The van der Waals surface area contributed by atoms with Crippen molar-refractivity contribution in [3.05, 3.63) is 35.4 Å². The Morgan fingerprint density at radius 3 is 2.48 bits per heavy atom. The Morgan fingerprint density at radius 1 is 1.10 bits per heavy atom. The second-order valence-corrected chi connectivity index (χ2v) is 8.01. The first-order chi connectivity index (χ1) is 9.75. The third kappa shape index (κ3) is 2.53. The number of ether oxygens (including phenoxy) is 1. The Balaban J connectivity index is 2.08. The molecule has 1 heterocycles. The number of aliphatic hydroxyl groups is 1. The average Bonchev–Trinajstić information content (AvgIpc) is 2.54. The third-order valence-corrected chi connectivity index (χ3v) is 5.39. The molecule has 1 fully saturated rings. The van der Waals surface area contributed by atoms with Gasteiger partial charge in [0.15, 0.2) is 0 Å². The first-order valence-electron chi connectivity index (χ1n) is 8.26. The molecule has 116 valence electrons. The zero-order valence-electron chi connectivity index (χ0n) is 13.8. The summed E-state index contributed by atoms with van der Waals surface area (Å²) in [7, 11) is 0. The predicted molar refractivity (Wildman–Crippen MR) is 85.2 cm³/mol. The van der Waals surface area contributed by atoms with Crippen molar-refractivity contribution in [2.75, 3.05) is 0 Å². The summed E-state index contributed by atoms with van der Waals surface area (Å²) in [6, 6.07) is 8.45. The maximum Gasteiger partial charge on any atom is 0.0955 e. The number of hydrogen-bond donors (Lipinski definition) is 1. The Bertz CT molecular complexity index is 532. The van der Waals surface area contributed by atoms with E-state index in [0.29, 0.717) is 0 Å². The lowest BCUT2D eigenvalue weighted by Gasteiger charge is -2.41. The standard InChI is InChI=1S/C19H28O2/c1-17(2)13-16(18(3,4)21-17)19(20)12-8-7-10-14-9-5-6-11-15(14)19/h5-6,9,11,16,20H,7-8,10,12-13H2,1-4H3. The fourth-order valence-electron chi connectivity index (χ4n) is 4.67. The Kier molecular flexibility index (Phi) is 3.46. The van der Waals surface area contributed by atoms with Crippen molar-refractivity contribution >= 4 is 0 Å². The second-order valence-electron chi connectivity index (χ2n) is 8.01. The lowest BCUT2D eigenvalue weighted by Crippen LogP contribution is -2.44. The monoisotopic (exact) mass is 288 g/mol. The van der Waals surface area contributed by atoms with Crippen molar-refractivity contribution in [3.63, 3.8) is 0 Å². The van der Waals surface area contributed by atoms with Gasteiger partial charge >= 0.3 is 0 Å². The number of hydrogen-bond acceptors (Lipinski definition) is 2. The summed E-state index contributed by atoms with van der Waals surface area (Å²) in [5.74, 6) is 0.138. The molecule has 1 aliphatic carbocycles. The van der Waals surface area contributed by atoms with Gasteiger partial charge in [0, 0.05) is 5.92 Å². The van der Waals surface area contributed by atoms with Gasteiger partial charge in [-0.05, 0) is 70.9 Å². The minimum Gasteiger partial charge on any atom is -0.385 e. The van der Waals surface area contributed by atoms with E-state index in [1.165, 1.54) is 5.56 Å². The van der Waals surface area contributed by atoms with Crippen molar-refractivity contribution in [1.82, 2.24) is 0 Å². The van der Waals surface area contributed by atoms with Crippen LogP contribution in [0.15, 0.2) is 24.3 Å². The number of aryl methyl sites for hydroxylation is 1. The maximum absolute atomic E-state index is 11.7. The van der Waals surface area contributed by atoms with E-state index < -0.39 is 5.60 Å². The summed E-state index contributed by atoms with van der Waals surface area (Å²) in [5.41, 5.74) is 1.24. The van der Waals surface area contributed by atoms with Gasteiger partial charge in [-0.25, -0.2) is 0 Å². The zero-order valence-corrected chi connectivity index (χ0v) is 13.8. The second kappa shape index (κ2) is 4.82. The summed E-state index contributed by atoms with van der Waals surface area (Å²) in [6.07, 6.45) is 5.08. The van der Waals surface area contributed by atoms with Crippen molar-refractivity contribution in [1.29, 1.82) is 0 Å². The molecule has 0 saturated carbocycles. The van der Waals surface area contributed by atoms with Gasteiger partial charge in [0.2, 0.25) is 0 Å². The molecule has 2 atom stereocenters. The van der Waals surface area contributed by atoms with Gasteiger partial charge in [-0.3, -0.25) is 0 Å². The molecule has 0 amide bonds. The molecule has 1 N–H and O–H groups in total. The summed E-state index contributed by atoms with van der Waals surface area (Å²) in [4.78, 5) is 0. The van der Waals surface area contributed by atoms with E-state index in [1.807, 2.05) is 0 Å². The van der Waals surface area contributed by atoms with Crippen LogP contribution < -0.4 is 0 Å². The molecule has 21 heavy (non-hydrogen) atoms. The van der Waals surface area contributed by atoms with Crippen LogP contribution in [0.2, 0.25) is 0 Å². The highest BCUT2D eigenvalue weighted by molar-refractivity contribution is 5.35. The first kappa shape index (κ1) is 15.1. The highest BCUT2D eigenvalue weighted by Crippen LogP contribution is 2.53. The zero-order chi connectivity index (χ0) is 15.3. The summed E-state index contributed by atoms with van der Waals surface area (Å²) < 4.78 is 6.26. The van der Waals surface area contributed by atoms with Gasteiger partial charge in [0.1, 0.15) is 0 Å². The lowest BCUT2D eigenvalue weighted by molar-refractivity contribution is -0.119. The Labute approximate surface area is 128 Å². The van der Waals surface area contributed by atoms with Crippen molar-refractivity contribution in [2.24, 2.45) is 5.92 Å². The van der Waals surface area contributed by atoms with E-state index in [4.69, 9.17) is 4.74 Å². The van der Waals surface area contributed by atoms with E-state index in [1.54, 1.807) is 0 Å². The number of rotatable bonds is 1. The Hall–Kier alpha value is -0.860. The normalized spacial score (nSPS) is 34.2. The molecule has 2 nitrogen and oxygen atoms in total. The fraction of sp³-hybridized carbons (Fsp3) is 0.684. The van der Waals surface area contributed by atoms with Gasteiger partial charge in [-0.1, -0.05) is 24.3 Å². The summed E-state index contributed by atoms with van der Waals surface area (Å²) in [6.45, 7) is 8.55. The van der Waals surface area contributed by atoms with Crippen LogP contribution in [0.1, 0.15) is 64.5 Å². The molecule has 1 saturated heterocycles. The molecular weight excluding hydrogens is 260 g/mol. The van der Waals surface area contributed by atoms with Gasteiger partial charge < -0.3 is 9.84 Å². The smallest absolute Gasteiger partial charge is 0.0955 e. The predicted octanol–water partition coefficient (Wildman–Crippen LogP) is 4.19. The van der Waals surface area contributed by atoms with Gasteiger partial charge in [0.25, 0.3) is 0 Å². The van der Waals surface area contributed by atoms with Crippen LogP contribution in [0, 0.1) is 5.92 Å². The quantitative estimate of drug-likeness (QED) is 0.785. The van der Waals surface area contributed by atoms with Crippen LogP contribution in [0.5, 0.6) is 0 Å². The molecule has 2 aliphatic rings. The van der Waals surface area contributed by atoms with Gasteiger partial charge in [-0.15, -0.1) is 0 Å². The molecule has 1 aliphatic heterocycles. The molecule has 0 bridgehead atoms. The van der Waals surface area contributed by atoms with Gasteiger partial charge in [-0.2, -0.15) is 0 Å². The molecule has 0 aromatic heterocycles. The number of benzene rings is 1. The largest absolute Gasteiger partial charge is 0.385 e. The van der Waals surface area contributed by atoms with Crippen molar-refractivity contribution in [3.8, 4) is 0 Å². The van der Waals surface area contributed by atoms with E-state index >= 15 is 0 Å². The lowest BCUT2D eigenvalue weighted by atomic mass is 9.69. The van der Waals surface area contributed by atoms with E-state index in [2.05, 4.69) is 52.0 Å². The molecule has 0 spiro atoms. The maximum atomic E-state index is 11.7. The first-order valence-corrected chi connectivity index (χ1v) is 8.26. The minimum atomic E-state index is -0.760. The molecule has 1 aromatic rings. The van der Waals surface area contributed by atoms with E-state index in [-0.39, 0.29) is 17.1 Å². The SMILES string of the molecule is CC1(C)CC(C2(O)CCCCc3ccccc32)C(C)(C)O1. The van der Waals surface area contributed by atoms with Crippen molar-refractivity contribution < 1.29 is 9.84 Å². The van der Waals surface area contributed by atoms with Crippen LogP contribution >= 0.6 is 0 Å². The average molecular weight is 288 g/mol. The molecule has 3 rings (SSSR count). The van der Waals surface area contributed by atoms with E-state index in [0.717, 1.165) is 37.7 Å². The molecular formula is C19H28O2. The van der Waals surface area contributed by atoms with Crippen LogP contribution in [0.3, 0.4) is 0 Å². The molecule has 2 unspecified atom stereocenters. The highest BCUT2D eigenvalue weighted by Gasteiger charge is 2.55. The van der Waals surface area contributed by atoms with Crippen LogP contribution in [0.25, 0.3) is 0 Å². The van der Waals surface area contributed by atoms with Crippen LogP contribution in [-0.2, 0) is 16.8 Å². The fourth-order valence-corrected chi connectivity index (χ4v) is 4.67. The summed E-state index contributed by atoms with van der Waals surface area (Å²) >= 11 is 0. The van der Waals surface area contributed by atoms with Crippen molar-refractivity contribution in [2.45, 2.75) is 76.6 Å². The molecule has 0 radical (unpaired) electrons. The molecule has 1 aromatic carbocycles. The van der Waals surface area contributed by atoms with Gasteiger partial charge in [0.05, 0.1) is 16.8 Å². The van der Waals surface area contributed by atoms with E-state index in [9.17, 15) is 5.11 Å². The topological polar surface area (TPSA) is 29.5 Å². The van der Waals surface area contributed by atoms with Crippen LogP contribution in [-0.4, -0.2) is 16.3 Å². The summed E-state index contributed by atoms with van der Waals surface area (Å²) in [5, 5.41) is 11.7. The highest BCUT2D eigenvalue weighted by atomic mass is 16.5. The third-order valence-electron chi connectivity index (χ3n) is 5.39. The number of fused-ring (bicyclic) bond motifs is 1. The Morgan fingerprint density at radius 2 is 1.81 bits per heavy atom. The minimum absolute atomic E-state index is 0.138. The van der Waals surface area contributed by atoms with Crippen LogP contribution in [0.4, 0.5) is 0 Å². The molecule has 2 heteroatoms.